The SMILES string of the molecule is CC(NC(=O)OC(C)(C)C)c1cccc(C(=O)c2ccccc2)c1. The van der Waals surface area contributed by atoms with E-state index in [1.807, 2.05) is 58.0 Å². The van der Waals surface area contributed by atoms with Gasteiger partial charge in [0.15, 0.2) is 5.78 Å². The predicted octanol–water partition coefficient (Wildman–Crippen LogP) is 4.50. The van der Waals surface area contributed by atoms with E-state index in [0.29, 0.717) is 11.1 Å². The summed E-state index contributed by atoms with van der Waals surface area (Å²) in [7, 11) is 0. The molecule has 1 atom stereocenters. The first-order valence-corrected chi connectivity index (χ1v) is 7.95. The largest absolute Gasteiger partial charge is 0.444 e. The van der Waals surface area contributed by atoms with Crippen LogP contribution in [0.25, 0.3) is 0 Å². The molecule has 1 N–H and O–H groups in total. The van der Waals surface area contributed by atoms with Crippen LogP contribution in [-0.2, 0) is 4.74 Å². The highest BCUT2D eigenvalue weighted by Gasteiger charge is 2.19. The minimum atomic E-state index is -0.547. The monoisotopic (exact) mass is 325 g/mol. The van der Waals surface area contributed by atoms with Crippen molar-refractivity contribution in [3.05, 3.63) is 71.3 Å². The number of hydrogen-bond acceptors (Lipinski definition) is 3. The summed E-state index contributed by atoms with van der Waals surface area (Å²) >= 11 is 0. The van der Waals surface area contributed by atoms with E-state index in [1.54, 1.807) is 24.3 Å². The van der Waals surface area contributed by atoms with Crippen LogP contribution in [0.5, 0.6) is 0 Å². The van der Waals surface area contributed by atoms with Gasteiger partial charge in [0.2, 0.25) is 0 Å². The maximum atomic E-state index is 12.5. The predicted molar refractivity (Wildman–Crippen MR) is 94.1 cm³/mol. The van der Waals surface area contributed by atoms with Crippen molar-refractivity contribution in [2.24, 2.45) is 0 Å². The number of carbonyl (C=O) groups excluding carboxylic acids is 2. The Kier molecular flexibility index (Phi) is 5.39. The fraction of sp³-hybridized carbons (Fsp3) is 0.300. The summed E-state index contributed by atoms with van der Waals surface area (Å²) in [6.07, 6.45) is -0.477. The van der Waals surface area contributed by atoms with Crippen molar-refractivity contribution < 1.29 is 14.3 Å². The van der Waals surface area contributed by atoms with Crippen molar-refractivity contribution >= 4 is 11.9 Å². The van der Waals surface area contributed by atoms with Gasteiger partial charge in [-0.1, -0.05) is 48.5 Å². The third-order valence-corrected chi connectivity index (χ3v) is 3.42. The summed E-state index contributed by atoms with van der Waals surface area (Å²) in [6, 6.07) is 16.1. The molecule has 1 unspecified atom stereocenters. The Morgan fingerprint density at radius 1 is 0.958 bits per heavy atom. The number of ether oxygens (including phenoxy) is 1. The molecule has 24 heavy (non-hydrogen) atoms. The highest BCUT2D eigenvalue weighted by atomic mass is 16.6. The van der Waals surface area contributed by atoms with Crippen molar-refractivity contribution in [2.45, 2.75) is 39.3 Å². The van der Waals surface area contributed by atoms with Crippen LogP contribution in [0, 0.1) is 0 Å². The molecule has 4 heteroatoms. The van der Waals surface area contributed by atoms with E-state index in [0.717, 1.165) is 5.56 Å². The van der Waals surface area contributed by atoms with Crippen molar-refractivity contribution in [1.82, 2.24) is 5.32 Å². The van der Waals surface area contributed by atoms with Gasteiger partial charge in [-0.3, -0.25) is 4.79 Å². The molecule has 0 saturated carbocycles. The molecule has 0 saturated heterocycles. The van der Waals surface area contributed by atoms with Crippen LogP contribution in [0.3, 0.4) is 0 Å². The maximum Gasteiger partial charge on any atom is 0.408 e. The summed E-state index contributed by atoms with van der Waals surface area (Å²) in [5.74, 6) is -0.0399. The van der Waals surface area contributed by atoms with Crippen LogP contribution in [-0.4, -0.2) is 17.5 Å². The molecule has 2 rings (SSSR count). The lowest BCUT2D eigenvalue weighted by molar-refractivity contribution is 0.0508. The lowest BCUT2D eigenvalue weighted by Crippen LogP contribution is -2.34. The number of nitrogens with one attached hydrogen (secondary N) is 1. The molecule has 0 spiro atoms. The molecule has 1 amide bonds. The summed E-state index contributed by atoms with van der Waals surface area (Å²) in [5, 5.41) is 2.79. The summed E-state index contributed by atoms with van der Waals surface area (Å²) in [4.78, 5) is 24.4. The smallest absolute Gasteiger partial charge is 0.408 e. The number of ketones is 1. The van der Waals surface area contributed by atoms with Crippen LogP contribution in [0.15, 0.2) is 54.6 Å². The maximum absolute atomic E-state index is 12.5. The fourth-order valence-electron chi connectivity index (χ4n) is 2.27. The normalized spacial score (nSPS) is 12.3. The van der Waals surface area contributed by atoms with Crippen LogP contribution in [0.2, 0.25) is 0 Å². The average molecular weight is 325 g/mol. The molecule has 0 aliphatic rings. The van der Waals surface area contributed by atoms with E-state index in [2.05, 4.69) is 5.32 Å². The first-order valence-electron chi connectivity index (χ1n) is 7.95. The van der Waals surface area contributed by atoms with E-state index >= 15 is 0 Å². The number of amides is 1. The molecule has 0 radical (unpaired) electrons. The van der Waals surface area contributed by atoms with Crippen LogP contribution in [0.4, 0.5) is 4.79 Å². The van der Waals surface area contributed by atoms with Gasteiger partial charge in [-0.05, 0) is 39.3 Å². The van der Waals surface area contributed by atoms with Gasteiger partial charge in [-0.25, -0.2) is 4.79 Å². The minimum Gasteiger partial charge on any atom is -0.444 e. The topological polar surface area (TPSA) is 55.4 Å². The van der Waals surface area contributed by atoms with Crippen LogP contribution < -0.4 is 5.32 Å². The highest BCUT2D eigenvalue weighted by molar-refractivity contribution is 6.09. The second kappa shape index (κ2) is 7.30. The third kappa shape index (κ3) is 4.95. The van der Waals surface area contributed by atoms with Gasteiger partial charge >= 0.3 is 6.09 Å². The first-order chi connectivity index (χ1) is 11.3. The van der Waals surface area contributed by atoms with E-state index in [9.17, 15) is 9.59 Å². The van der Waals surface area contributed by atoms with Crippen molar-refractivity contribution in [3.8, 4) is 0 Å². The molecule has 0 heterocycles. The molecular formula is C20H23NO3. The van der Waals surface area contributed by atoms with E-state index in [4.69, 9.17) is 4.74 Å². The number of alkyl carbamates (subject to hydrolysis) is 1. The van der Waals surface area contributed by atoms with Crippen LogP contribution >= 0.6 is 0 Å². The van der Waals surface area contributed by atoms with E-state index in [-0.39, 0.29) is 11.8 Å². The van der Waals surface area contributed by atoms with E-state index in [1.165, 1.54) is 0 Å². The van der Waals surface area contributed by atoms with E-state index < -0.39 is 11.7 Å². The molecule has 2 aromatic carbocycles. The summed E-state index contributed by atoms with van der Waals surface area (Å²) in [6.45, 7) is 7.30. The number of rotatable bonds is 4. The standard InChI is InChI=1S/C20H23NO3/c1-14(21-19(23)24-20(2,3)4)16-11-8-12-17(13-16)18(22)15-9-6-5-7-10-15/h5-14H,1-4H3,(H,21,23). The molecule has 0 fully saturated rings. The second-order valence-electron chi connectivity index (χ2n) is 6.69. The number of benzene rings is 2. The third-order valence-electron chi connectivity index (χ3n) is 3.42. The molecule has 126 valence electrons. The Bertz CT molecular complexity index is 717. The number of carbonyl (C=O) groups is 2. The Balaban J connectivity index is 2.12. The number of hydrogen-bond donors (Lipinski definition) is 1. The lowest BCUT2D eigenvalue weighted by Gasteiger charge is -2.22. The first kappa shape index (κ1) is 17.7. The lowest BCUT2D eigenvalue weighted by atomic mass is 9.99. The molecule has 0 bridgehead atoms. The zero-order valence-electron chi connectivity index (χ0n) is 14.5. The van der Waals surface area contributed by atoms with Crippen molar-refractivity contribution in [1.29, 1.82) is 0 Å². The molecule has 0 aliphatic heterocycles. The van der Waals surface area contributed by atoms with Gasteiger partial charge in [-0.2, -0.15) is 0 Å². The molecule has 0 aromatic heterocycles. The Labute approximate surface area is 142 Å². The summed E-state index contributed by atoms with van der Waals surface area (Å²) in [5.41, 5.74) is 1.54. The van der Waals surface area contributed by atoms with Crippen molar-refractivity contribution in [3.63, 3.8) is 0 Å². The van der Waals surface area contributed by atoms with Gasteiger partial charge < -0.3 is 10.1 Å². The molecular weight excluding hydrogens is 302 g/mol. The Hall–Kier alpha value is -2.62. The fourth-order valence-corrected chi connectivity index (χ4v) is 2.27. The van der Waals surface area contributed by atoms with Crippen LogP contribution in [0.1, 0.15) is 55.2 Å². The Morgan fingerprint density at radius 3 is 2.21 bits per heavy atom. The minimum absolute atomic E-state index is 0.0399. The zero-order valence-corrected chi connectivity index (χ0v) is 14.5. The molecule has 0 aliphatic carbocycles. The van der Waals surface area contributed by atoms with Gasteiger partial charge in [0, 0.05) is 11.1 Å². The van der Waals surface area contributed by atoms with Gasteiger partial charge in [0.05, 0.1) is 6.04 Å². The second-order valence-corrected chi connectivity index (χ2v) is 6.69. The zero-order chi connectivity index (χ0) is 17.7. The average Bonchev–Trinajstić information content (AvgIpc) is 2.53. The quantitative estimate of drug-likeness (QED) is 0.842. The Morgan fingerprint density at radius 2 is 1.58 bits per heavy atom. The van der Waals surface area contributed by atoms with Crippen molar-refractivity contribution in [2.75, 3.05) is 0 Å². The molecule has 4 nitrogen and oxygen atoms in total. The summed E-state index contributed by atoms with van der Waals surface area (Å²) < 4.78 is 5.26. The van der Waals surface area contributed by atoms with Gasteiger partial charge in [-0.15, -0.1) is 0 Å². The molecule has 2 aromatic rings. The van der Waals surface area contributed by atoms with Gasteiger partial charge in [0.1, 0.15) is 5.60 Å². The highest BCUT2D eigenvalue weighted by Crippen LogP contribution is 2.18. The van der Waals surface area contributed by atoms with Gasteiger partial charge in [0.25, 0.3) is 0 Å².